The summed E-state index contributed by atoms with van der Waals surface area (Å²) < 4.78 is 0. The summed E-state index contributed by atoms with van der Waals surface area (Å²) >= 11 is 3.78. The zero-order valence-electron chi connectivity index (χ0n) is 9.11. The molecule has 1 fully saturated rings. The van der Waals surface area contributed by atoms with Crippen molar-refractivity contribution >= 4 is 23.1 Å². The molecule has 0 bridgehead atoms. The average Bonchev–Trinajstić information content (AvgIpc) is 2.66. The molecule has 0 spiro atoms. The molecule has 2 rings (SSSR count). The number of thiophene rings is 1. The minimum absolute atomic E-state index is 0.225. The van der Waals surface area contributed by atoms with E-state index in [0.29, 0.717) is 0 Å². The van der Waals surface area contributed by atoms with Gasteiger partial charge in [-0.2, -0.15) is 11.8 Å². The lowest BCUT2D eigenvalue weighted by molar-refractivity contribution is 0.144. The number of rotatable bonds is 3. The smallest absolute Gasteiger partial charge is 0.0884 e. The number of aliphatic hydroxyl groups excluding tert-OH is 1. The van der Waals surface area contributed by atoms with Gasteiger partial charge < -0.3 is 5.11 Å². The summed E-state index contributed by atoms with van der Waals surface area (Å²) in [6, 6.07) is 4.17. The van der Waals surface area contributed by atoms with E-state index in [4.69, 9.17) is 0 Å². The van der Waals surface area contributed by atoms with Crippen molar-refractivity contribution in [2.24, 2.45) is 5.92 Å². The highest BCUT2D eigenvalue weighted by Gasteiger charge is 2.19. The minimum atomic E-state index is -0.225. The molecule has 1 atom stereocenters. The Labute approximate surface area is 99.9 Å². The van der Waals surface area contributed by atoms with Crippen LogP contribution >= 0.6 is 23.1 Å². The van der Waals surface area contributed by atoms with Gasteiger partial charge in [0.15, 0.2) is 0 Å². The Morgan fingerprint density at radius 1 is 1.40 bits per heavy atom. The van der Waals surface area contributed by atoms with Crippen LogP contribution in [0.2, 0.25) is 0 Å². The molecule has 15 heavy (non-hydrogen) atoms. The summed E-state index contributed by atoms with van der Waals surface area (Å²) in [6.45, 7) is 2.10. The highest BCUT2D eigenvalue weighted by atomic mass is 32.2. The first kappa shape index (κ1) is 11.5. The Hall–Kier alpha value is 0.01000. The normalized spacial score (nSPS) is 20.4. The molecule has 84 valence electrons. The summed E-state index contributed by atoms with van der Waals surface area (Å²) in [4.78, 5) is 2.44. The van der Waals surface area contributed by atoms with Gasteiger partial charge in [-0.05, 0) is 55.7 Å². The van der Waals surface area contributed by atoms with Crippen molar-refractivity contribution in [3.05, 3.63) is 21.9 Å². The molecular weight excluding hydrogens is 224 g/mol. The standard InChI is InChI=1S/C12H18OS2/c1-9-2-3-12(15-9)11(13)8-10-4-6-14-7-5-10/h2-3,10-11,13H,4-8H2,1H3. The van der Waals surface area contributed by atoms with Crippen LogP contribution in [0.3, 0.4) is 0 Å². The van der Waals surface area contributed by atoms with Gasteiger partial charge in [0, 0.05) is 9.75 Å². The number of thioether (sulfide) groups is 1. The fraction of sp³-hybridized carbons (Fsp3) is 0.667. The van der Waals surface area contributed by atoms with Crippen LogP contribution in [0.5, 0.6) is 0 Å². The van der Waals surface area contributed by atoms with Crippen molar-refractivity contribution < 1.29 is 5.11 Å². The van der Waals surface area contributed by atoms with Gasteiger partial charge in [-0.15, -0.1) is 11.3 Å². The fourth-order valence-corrected chi connectivity index (χ4v) is 4.13. The summed E-state index contributed by atoms with van der Waals surface area (Å²) in [6.07, 6.45) is 3.30. The van der Waals surface area contributed by atoms with E-state index >= 15 is 0 Å². The average molecular weight is 242 g/mol. The molecule has 1 aromatic heterocycles. The molecule has 0 radical (unpaired) electrons. The Bertz CT molecular complexity index is 302. The molecule has 1 N–H and O–H groups in total. The van der Waals surface area contributed by atoms with Crippen molar-refractivity contribution in [3.8, 4) is 0 Å². The van der Waals surface area contributed by atoms with E-state index in [1.807, 2.05) is 11.8 Å². The van der Waals surface area contributed by atoms with E-state index in [1.165, 1.54) is 29.2 Å². The summed E-state index contributed by atoms with van der Waals surface area (Å²) in [7, 11) is 0. The summed E-state index contributed by atoms with van der Waals surface area (Å²) in [5.41, 5.74) is 0. The number of aryl methyl sites for hydroxylation is 1. The third-order valence-electron chi connectivity index (χ3n) is 2.99. The van der Waals surface area contributed by atoms with Gasteiger partial charge in [-0.3, -0.25) is 0 Å². The van der Waals surface area contributed by atoms with Crippen LogP contribution < -0.4 is 0 Å². The Morgan fingerprint density at radius 2 is 2.13 bits per heavy atom. The number of aliphatic hydroxyl groups is 1. The minimum Gasteiger partial charge on any atom is -0.388 e. The lowest BCUT2D eigenvalue weighted by atomic mass is 9.95. The zero-order chi connectivity index (χ0) is 10.7. The first-order chi connectivity index (χ1) is 7.25. The zero-order valence-corrected chi connectivity index (χ0v) is 10.7. The first-order valence-corrected chi connectivity index (χ1v) is 7.55. The van der Waals surface area contributed by atoms with Gasteiger partial charge in [-0.1, -0.05) is 0 Å². The van der Waals surface area contributed by atoms with Gasteiger partial charge in [0.05, 0.1) is 6.10 Å². The van der Waals surface area contributed by atoms with Crippen LogP contribution in [-0.2, 0) is 0 Å². The third-order valence-corrected chi connectivity index (χ3v) is 5.14. The Balaban J connectivity index is 1.88. The molecule has 1 unspecified atom stereocenters. The summed E-state index contributed by atoms with van der Waals surface area (Å²) in [5, 5.41) is 10.1. The van der Waals surface area contributed by atoms with Crippen molar-refractivity contribution in [1.29, 1.82) is 0 Å². The Morgan fingerprint density at radius 3 is 2.73 bits per heavy atom. The maximum Gasteiger partial charge on any atom is 0.0884 e. The number of hydrogen-bond acceptors (Lipinski definition) is 3. The molecule has 1 nitrogen and oxygen atoms in total. The van der Waals surface area contributed by atoms with E-state index in [9.17, 15) is 5.11 Å². The van der Waals surface area contributed by atoms with Gasteiger partial charge in [0.2, 0.25) is 0 Å². The lowest BCUT2D eigenvalue weighted by Crippen LogP contribution is -2.12. The van der Waals surface area contributed by atoms with E-state index in [2.05, 4.69) is 19.1 Å². The SMILES string of the molecule is Cc1ccc(C(O)CC2CCSCC2)s1. The van der Waals surface area contributed by atoms with Gasteiger partial charge in [0.1, 0.15) is 0 Å². The maximum absolute atomic E-state index is 10.1. The predicted octanol–water partition coefficient (Wildman–Crippen LogP) is 3.62. The van der Waals surface area contributed by atoms with Crippen LogP contribution in [0.4, 0.5) is 0 Å². The van der Waals surface area contributed by atoms with Crippen LogP contribution in [-0.4, -0.2) is 16.6 Å². The van der Waals surface area contributed by atoms with Gasteiger partial charge in [0.25, 0.3) is 0 Å². The predicted molar refractivity (Wildman–Crippen MR) is 68.7 cm³/mol. The molecule has 0 saturated carbocycles. The molecule has 0 amide bonds. The largest absolute Gasteiger partial charge is 0.388 e. The van der Waals surface area contributed by atoms with Crippen molar-refractivity contribution in [2.75, 3.05) is 11.5 Å². The van der Waals surface area contributed by atoms with E-state index in [-0.39, 0.29) is 6.10 Å². The second-order valence-electron chi connectivity index (χ2n) is 4.26. The number of hydrogen-bond donors (Lipinski definition) is 1. The molecule has 0 aliphatic carbocycles. The quantitative estimate of drug-likeness (QED) is 0.873. The van der Waals surface area contributed by atoms with E-state index in [0.717, 1.165) is 17.2 Å². The molecule has 1 saturated heterocycles. The van der Waals surface area contributed by atoms with Crippen molar-refractivity contribution in [1.82, 2.24) is 0 Å². The molecule has 2 heterocycles. The van der Waals surface area contributed by atoms with Crippen molar-refractivity contribution in [3.63, 3.8) is 0 Å². The fourth-order valence-electron chi connectivity index (χ4n) is 2.05. The second-order valence-corrected chi connectivity index (χ2v) is 6.80. The van der Waals surface area contributed by atoms with Crippen molar-refractivity contribution in [2.45, 2.75) is 32.3 Å². The summed E-state index contributed by atoms with van der Waals surface area (Å²) in [5.74, 6) is 3.30. The highest BCUT2D eigenvalue weighted by Crippen LogP contribution is 2.33. The Kier molecular flexibility index (Phi) is 4.12. The lowest BCUT2D eigenvalue weighted by Gasteiger charge is -2.23. The first-order valence-electron chi connectivity index (χ1n) is 5.58. The monoisotopic (exact) mass is 242 g/mol. The molecule has 1 aromatic rings. The van der Waals surface area contributed by atoms with Crippen LogP contribution in [0.15, 0.2) is 12.1 Å². The van der Waals surface area contributed by atoms with Crippen LogP contribution in [0.1, 0.15) is 35.1 Å². The second kappa shape index (κ2) is 5.37. The van der Waals surface area contributed by atoms with Gasteiger partial charge in [-0.25, -0.2) is 0 Å². The molecular formula is C12H18OS2. The van der Waals surface area contributed by atoms with Gasteiger partial charge >= 0.3 is 0 Å². The molecule has 1 aliphatic rings. The third kappa shape index (κ3) is 3.23. The molecule has 3 heteroatoms. The van der Waals surface area contributed by atoms with Crippen LogP contribution in [0, 0.1) is 12.8 Å². The molecule has 1 aliphatic heterocycles. The topological polar surface area (TPSA) is 20.2 Å². The van der Waals surface area contributed by atoms with E-state index in [1.54, 1.807) is 11.3 Å². The maximum atomic E-state index is 10.1. The van der Waals surface area contributed by atoms with Crippen LogP contribution in [0.25, 0.3) is 0 Å². The van der Waals surface area contributed by atoms with E-state index < -0.39 is 0 Å². The molecule has 0 aromatic carbocycles. The highest BCUT2D eigenvalue weighted by molar-refractivity contribution is 7.99.